The van der Waals surface area contributed by atoms with Gasteiger partial charge in [-0.15, -0.1) is 0 Å². The van der Waals surface area contributed by atoms with Crippen LogP contribution in [-0.2, 0) is 4.79 Å². The zero-order valence-corrected chi connectivity index (χ0v) is 13.1. The molecule has 0 saturated carbocycles. The third-order valence-corrected chi connectivity index (χ3v) is 3.71. The number of nitrogens with zero attached hydrogens (tertiary/aromatic N) is 3. The first-order valence-corrected chi connectivity index (χ1v) is 7.24. The van der Waals surface area contributed by atoms with Gasteiger partial charge in [-0.05, 0) is 24.6 Å². The van der Waals surface area contributed by atoms with E-state index >= 15 is 0 Å². The Kier molecular flexibility index (Phi) is 3.97. The van der Waals surface area contributed by atoms with Crippen LogP contribution in [0.15, 0.2) is 36.5 Å². The number of imide groups is 1. The lowest BCUT2D eigenvalue weighted by Gasteiger charge is -2.14. The Morgan fingerprint density at radius 1 is 1.24 bits per heavy atom. The smallest absolute Gasteiger partial charge is 0.287 e. The van der Waals surface area contributed by atoms with Gasteiger partial charge in [0.2, 0.25) is 5.91 Å². The number of aryl methyl sites for hydroxylation is 1. The van der Waals surface area contributed by atoms with E-state index in [1.807, 2.05) is 0 Å². The van der Waals surface area contributed by atoms with E-state index < -0.39 is 29.2 Å². The number of benzene rings is 1. The third kappa shape index (κ3) is 2.94. The number of nitro groups is 1. The minimum absolute atomic E-state index is 0.132. The normalized spacial score (nSPS) is 12.9. The summed E-state index contributed by atoms with van der Waals surface area (Å²) in [6.45, 7) is 1.09. The molecule has 3 rings (SSSR count). The maximum atomic E-state index is 12.2. The van der Waals surface area contributed by atoms with Crippen LogP contribution in [0.5, 0.6) is 0 Å². The number of carbonyl (C=O) groups excluding carboxylic acids is 3. The maximum absolute atomic E-state index is 12.2. The van der Waals surface area contributed by atoms with Crippen molar-refractivity contribution >= 4 is 29.2 Å². The summed E-state index contributed by atoms with van der Waals surface area (Å²) >= 11 is 0. The average molecular weight is 340 g/mol. The van der Waals surface area contributed by atoms with Crippen LogP contribution in [0.25, 0.3) is 0 Å². The largest absolute Gasteiger partial charge is 0.309 e. The topological polar surface area (TPSA) is 123 Å². The molecule has 0 atom stereocenters. The van der Waals surface area contributed by atoms with Gasteiger partial charge in [0, 0.05) is 6.07 Å². The summed E-state index contributed by atoms with van der Waals surface area (Å²) < 4.78 is 0. The van der Waals surface area contributed by atoms with E-state index in [9.17, 15) is 24.5 Å². The molecule has 1 aromatic carbocycles. The van der Waals surface area contributed by atoms with Crippen LogP contribution in [0, 0.1) is 17.0 Å². The van der Waals surface area contributed by atoms with Gasteiger partial charge in [0.1, 0.15) is 18.6 Å². The van der Waals surface area contributed by atoms with E-state index in [1.54, 1.807) is 19.1 Å². The van der Waals surface area contributed by atoms with Gasteiger partial charge in [-0.1, -0.05) is 12.1 Å². The van der Waals surface area contributed by atoms with Gasteiger partial charge < -0.3 is 5.32 Å². The minimum atomic E-state index is -0.626. The van der Waals surface area contributed by atoms with Gasteiger partial charge in [-0.3, -0.25) is 29.4 Å². The molecule has 126 valence electrons. The molecule has 1 N–H and O–H groups in total. The highest BCUT2D eigenvalue weighted by Crippen LogP contribution is 2.22. The number of rotatable bonds is 4. The summed E-state index contributed by atoms with van der Waals surface area (Å²) in [6, 6.07) is 7.59. The van der Waals surface area contributed by atoms with E-state index in [4.69, 9.17) is 0 Å². The first-order chi connectivity index (χ1) is 11.9. The molecule has 2 aromatic rings. The van der Waals surface area contributed by atoms with Crippen LogP contribution in [0.3, 0.4) is 0 Å². The van der Waals surface area contributed by atoms with Crippen LogP contribution in [0.1, 0.15) is 26.3 Å². The SMILES string of the molecule is Cc1cc([N+](=O)[O-])cnc1NC(=O)CN1C(=O)c2ccccc2C1=O. The van der Waals surface area contributed by atoms with Gasteiger partial charge in [0.05, 0.1) is 16.1 Å². The number of aromatic nitrogens is 1. The third-order valence-electron chi connectivity index (χ3n) is 3.71. The lowest BCUT2D eigenvalue weighted by Crippen LogP contribution is -2.37. The quantitative estimate of drug-likeness (QED) is 0.511. The molecule has 1 aromatic heterocycles. The first kappa shape index (κ1) is 16.2. The van der Waals surface area contributed by atoms with Crippen molar-refractivity contribution in [2.45, 2.75) is 6.92 Å². The molecular weight excluding hydrogens is 328 g/mol. The van der Waals surface area contributed by atoms with Crippen LogP contribution in [0.2, 0.25) is 0 Å². The van der Waals surface area contributed by atoms with E-state index in [-0.39, 0.29) is 22.6 Å². The Hall–Kier alpha value is -3.62. The van der Waals surface area contributed by atoms with Crippen molar-refractivity contribution in [3.8, 4) is 0 Å². The summed E-state index contributed by atoms with van der Waals surface area (Å²) in [5, 5.41) is 13.1. The van der Waals surface area contributed by atoms with Crippen molar-refractivity contribution < 1.29 is 19.3 Å². The van der Waals surface area contributed by atoms with E-state index in [0.717, 1.165) is 11.1 Å². The minimum Gasteiger partial charge on any atom is -0.309 e. The molecule has 0 aliphatic carbocycles. The molecule has 0 bridgehead atoms. The molecule has 0 radical (unpaired) electrons. The average Bonchev–Trinajstić information content (AvgIpc) is 2.82. The van der Waals surface area contributed by atoms with Crippen molar-refractivity contribution in [2.75, 3.05) is 11.9 Å². The fourth-order valence-electron chi connectivity index (χ4n) is 2.49. The number of hydrogen-bond donors (Lipinski definition) is 1. The Bertz CT molecular complexity index is 889. The second-order valence-corrected chi connectivity index (χ2v) is 5.41. The second-order valence-electron chi connectivity index (χ2n) is 5.41. The molecule has 0 saturated heterocycles. The number of hydrogen-bond acceptors (Lipinski definition) is 6. The Morgan fingerprint density at radius 3 is 2.36 bits per heavy atom. The highest BCUT2D eigenvalue weighted by Gasteiger charge is 2.36. The van der Waals surface area contributed by atoms with Crippen LogP contribution in [-0.4, -0.2) is 39.1 Å². The number of nitrogens with one attached hydrogen (secondary N) is 1. The molecule has 0 spiro atoms. The van der Waals surface area contributed by atoms with Crippen molar-refractivity contribution in [1.29, 1.82) is 0 Å². The maximum Gasteiger partial charge on any atom is 0.287 e. The molecule has 9 heteroatoms. The molecule has 0 unspecified atom stereocenters. The Labute approximate surface area is 141 Å². The van der Waals surface area contributed by atoms with Gasteiger partial charge in [0.25, 0.3) is 17.5 Å². The second kappa shape index (κ2) is 6.11. The van der Waals surface area contributed by atoms with Gasteiger partial charge in [0.15, 0.2) is 0 Å². The lowest BCUT2D eigenvalue weighted by atomic mass is 10.1. The number of carbonyl (C=O) groups is 3. The van der Waals surface area contributed by atoms with Crippen LogP contribution >= 0.6 is 0 Å². The fourth-order valence-corrected chi connectivity index (χ4v) is 2.49. The highest BCUT2D eigenvalue weighted by molar-refractivity contribution is 6.22. The zero-order chi connectivity index (χ0) is 18.1. The predicted molar refractivity (Wildman–Crippen MR) is 86.1 cm³/mol. The predicted octanol–water partition coefficient (Wildman–Crippen LogP) is 1.53. The zero-order valence-electron chi connectivity index (χ0n) is 13.1. The van der Waals surface area contributed by atoms with Crippen molar-refractivity contribution in [3.63, 3.8) is 0 Å². The number of pyridine rings is 1. The number of amides is 3. The Morgan fingerprint density at radius 2 is 1.84 bits per heavy atom. The molecule has 0 fully saturated rings. The molecule has 1 aliphatic rings. The van der Waals surface area contributed by atoms with E-state index in [2.05, 4.69) is 10.3 Å². The molecule has 2 heterocycles. The molecule has 25 heavy (non-hydrogen) atoms. The molecule has 9 nitrogen and oxygen atoms in total. The lowest BCUT2D eigenvalue weighted by molar-refractivity contribution is -0.385. The van der Waals surface area contributed by atoms with Crippen LogP contribution < -0.4 is 5.32 Å². The summed E-state index contributed by atoms with van der Waals surface area (Å²) in [5.41, 5.74) is 0.704. The highest BCUT2D eigenvalue weighted by atomic mass is 16.6. The molecule has 3 amide bonds. The summed E-state index contributed by atoms with van der Waals surface area (Å²) in [4.78, 5) is 51.4. The summed E-state index contributed by atoms with van der Waals surface area (Å²) in [7, 11) is 0. The Balaban J connectivity index is 1.73. The molecule has 1 aliphatic heterocycles. The monoisotopic (exact) mass is 340 g/mol. The fraction of sp³-hybridized carbons (Fsp3) is 0.125. The van der Waals surface area contributed by atoms with Crippen molar-refractivity contribution in [3.05, 3.63) is 63.3 Å². The van der Waals surface area contributed by atoms with Gasteiger partial charge >= 0.3 is 0 Å². The summed E-state index contributed by atoms with van der Waals surface area (Å²) in [5.74, 6) is -1.57. The van der Waals surface area contributed by atoms with E-state index in [0.29, 0.717) is 5.56 Å². The van der Waals surface area contributed by atoms with Gasteiger partial charge in [-0.2, -0.15) is 0 Å². The van der Waals surface area contributed by atoms with E-state index in [1.165, 1.54) is 18.2 Å². The van der Waals surface area contributed by atoms with Crippen LogP contribution in [0.4, 0.5) is 11.5 Å². The first-order valence-electron chi connectivity index (χ1n) is 7.24. The summed E-state index contributed by atoms with van der Waals surface area (Å²) in [6.07, 6.45) is 1.02. The number of anilines is 1. The van der Waals surface area contributed by atoms with Crippen molar-refractivity contribution in [1.82, 2.24) is 9.88 Å². The number of fused-ring (bicyclic) bond motifs is 1. The van der Waals surface area contributed by atoms with Crippen molar-refractivity contribution in [2.24, 2.45) is 0 Å². The van der Waals surface area contributed by atoms with Gasteiger partial charge in [-0.25, -0.2) is 4.98 Å². The standard InChI is InChI=1S/C16H12N4O5/c1-9-6-10(20(24)25)7-17-14(9)18-13(21)8-19-15(22)11-4-2-3-5-12(11)16(19)23/h2-7H,8H2,1H3,(H,17,18,21). The molecular formula is C16H12N4O5.